The predicted molar refractivity (Wildman–Crippen MR) is 89.9 cm³/mol. The molecule has 3 rings (SSSR count). The number of aliphatic hydroxyl groups excluding tert-OH is 1. The van der Waals surface area contributed by atoms with Crippen molar-refractivity contribution in [1.82, 2.24) is 0 Å². The maximum Gasteiger partial charge on any atom is 0.416 e. The van der Waals surface area contributed by atoms with Crippen molar-refractivity contribution >= 4 is 11.4 Å². The molecule has 0 aliphatic carbocycles. The van der Waals surface area contributed by atoms with Gasteiger partial charge in [-0.2, -0.15) is 13.2 Å². The molecule has 0 saturated carbocycles. The Bertz CT molecular complexity index is 848. The van der Waals surface area contributed by atoms with Crippen LogP contribution in [0, 0.1) is 10.1 Å². The molecule has 26 heavy (non-hydrogen) atoms. The van der Waals surface area contributed by atoms with Crippen molar-refractivity contribution in [2.75, 3.05) is 11.4 Å². The Labute approximate surface area is 147 Å². The topological polar surface area (TPSA) is 66.6 Å². The smallest absolute Gasteiger partial charge is 0.369 e. The number of anilines is 1. The van der Waals surface area contributed by atoms with Gasteiger partial charge >= 0.3 is 6.18 Å². The van der Waals surface area contributed by atoms with Gasteiger partial charge in [-0.15, -0.1) is 0 Å². The molecule has 0 aromatic heterocycles. The lowest BCUT2D eigenvalue weighted by atomic mass is 9.77. The highest BCUT2D eigenvalue weighted by atomic mass is 19.4. The Balaban J connectivity index is 2.03. The number of halogens is 3. The number of fused-ring (bicyclic) bond motifs is 1. The Morgan fingerprint density at radius 2 is 1.81 bits per heavy atom. The number of benzene rings is 2. The van der Waals surface area contributed by atoms with Crippen LogP contribution < -0.4 is 4.90 Å². The summed E-state index contributed by atoms with van der Waals surface area (Å²) in [7, 11) is 0. The van der Waals surface area contributed by atoms with E-state index in [4.69, 9.17) is 0 Å². The largest absolute Gasteiger partial charge is 0.416 e. The van der Waals surface area contributed by atoms with Crippen molar-refractivity contribution in [3.8, 4) is 0 Å². The standard InChI is InChI=1S/C18H17F3N2O3/c1-17(2)10-22(12-5-3-11(4-6-12)18(19,20)21)16(24)14-9-13(23(25)26)7-8-15(14)17/h3-9,16,24H,10H2,1-2H3. The minimum atomic E-state index is -4.44. The number of non-ortho nitro benzene ring substituents is 1. The highest BCUT2D eigenvalue weighted by molar-refractivity contribution is 5.56. The van der Waals surface area contributed by atoms with E-state index in [-0.39, 0.29) is 5.69 Å². The van der Waals surface area contributed by atoms with E-state index >= 15 is 0 Å². The third-order valence-corrected chi connectivity index (χ3v) is 4.64. The number of nitrogens with zero attached hydrogens (tertiary/aromatic N) is 2. The second-order valence-electron chi connectivity index (χ2n) is 6.96. The molecule has 0 bridgehead atoms. The van der Waals surface area contributed by atoms with Gasteiger partial charge in [-0.05, 0) is 29.8 Å². The molecule has 5 nitrogen and oxygen atoms in total. The summed E-state index contributed by atoms with van der Waals surface area (Å²) < 4.78 is 38.3. The molecular formula is C18H17F3N2O3. The van der Waals surface area contributed by atoms with Crippen molar-refractivity contribution in [3.05, 3.63) is 69.3 Å². The minimum Gasteiger partial charge on any atom is -0.369 e. The van der Waals surface area contributed by atoms with Crippen molar-refractivity contribution in [2.45, 2.75) is 31.7 Å². The Kier molecular flexibility index (Phi) is 4.18. The van der Waals surface area contributed by atoms with Gasteiger partial charge in [-0.25, -0.2) is 0 Å². The molecule has 1 N–H and O–H groups in total. The molecule has 1 aliphatic rings. The molecule has 1 atom stereocenters. The van der Waals surface area contributed by atoms with E-state index in [2.05, 4.69) is 0 Å². The zero-order valence-electron chi connectivity index (χ0n) is 14.1. The molecule has 1 aliphatic heterocycles. The number of aliphatic hydroxyl groups is 1. The average molecular weight is 366 g/mol. The first kappa shape index (κ1) is 18.2. The second-order valence-corrected chi connectivity index (χ2v) is 6.96. The first-order chi connectivity index (χ1) is 12.0. The quantitative estimate of drug-likeness (QED) is 0.632. The summed E-state index contributed by atoms with van der Waals surface area (Å²) in [6, 6.07) is 8.84. The van der Waals surface area contributed by atoms with Gasteiger partial charge in [0.2, 0.25) is 0 Å². The molecule has 2 aromatic rings. The lowest BCUT2D eigenvalue weighted by Gasteiger charge is -2.44. The van der Waals surface area contributed by atoms with Gasteiger partial charge in [-0.3, -0.25) is 10.1 Å². The molecular weight excluding hydrogens is 349 g/mol. The monoisotopic (exact) mass is 366 g/mol. The average Bonchev–Trinajstić information content (AvgIpc) is 2.57. The molecule has 2 aromatic carbocycles. The molecule has 0 spiro atoms. The Morgan fingerprint density at radius 1 is 1.19 bits per heavy atom. The van der Waals surface area contributed by atoms with Crippen LogP contribution in [0.2, 0.25) is 0 Å². The first-order valence-corrected chi connectivity index (χ1v) is 7.91. The first-order valence-electron chi connectivity index (χ1n) is 7.91. The molecule has 8 heteroatoms. The normalized spacial score (nSPS) is 19.2. The number of hydrogen-bond acceptors (Lipinski definition) is 4. The summed E-state index contributed by atoms with van der Waals surface area (Å²) in [5.74, 6) is 0. The zero-order valence-corrected chi connectivity index (χ0v) is 14.1. The lowest BCUT2D eigenvalue weighted by Crippen LogP contribution is -2.45. The highest BCUT2D eigenvalue weighted by Crippen LogP contribution is 2.42. The van der Waals surface area contributed by atoms with Gasteiger partial charge in [0.15, 0.2) is 6.23 Å². The Morgan fingerprint density at radius 3 is 2.35 bits per heavy atom. The zero-order chi connectivity index (χ0) is 19.3. The fourth-order valence-electron chi connectivity index (χ4n) is 3.33. The van der Waals surface area contributed by atoms with Gasteiger partial charge in [-0.1, -0.05) is 19.9 Å². The van der Waals surface area contributed by atoms with Gasteiger partial charge in [0, 0.05) is 35.3 Å². The van der Waals surface area contributed by atoms with Crippen molar-refractivity contribution in [2.24, 2.45) is 0 Å². The number of rotatable bonds is 2. The molecule has 0 saturated heterocycles. The molecule has 0 radical (unpaired) electrons. The van der Waals surface area contributed by atoms with E-state index in [1.807, 2.05) is 13.8 Å². The highest BCUT2D eigenvalue weighted by Gasteiger charge is 2.38. The van der Waals surface area contributed by atoms with Gasteiger partial charge in [0.1, 0.15) is 0 Å². The van der Waals surface area contributed by atoms with Crippen LogP contribution in [-0.2, 0) is 11.6 Å². The predicted octanol–water partition coefficient (Wildman–Crippen LogP) is 4.40. The Hall–Kier alpha value is -2.61. The van der Waals surface area contributed by atoms with E-state index in [0.717, 1.165) is 17.7 Å². The summed E-state index contributed by atoms with van der Waals surface area (Å²) in [4.78, 5) is 12.0. The van der Waals surface area contributed by atoms with Crippen LogP contribution in [0.4, 0.5) is 24.5 Å². The van der Waals surface area contributed by atoms with E-state index in [9.17, 15) is 28.4 Å². The summed E-state index contributed by atoms with van der Waals surface area (Å²) >= 11 is 0. The maximum absolute atomic E-state index is 12.8. The van der Waals surface area contributed by atoms with Gasteiger partial charge in [0.25, 0.3) is 5.69 Å². The van der Waals surface area contributed by atoms with E-state index in [1.165, 1.54) is 24.3 Å². The van der Waals surface area contributed by atoms with Crippen molar-refractivity contribution in [3.63, 3.8) is 0 Å². The minimum absolute atomic E-state index is 0.145. The molecule has 1 unspecified atom stereocenters. The number of alkyl halides is 3. The van der Waals surface area contributed by atoms with E-state index in [1.54, 1.807) is 11.0 Å². The van der Waals surface area contributed by atoms with Crippen molar-refractivity contribution < 1.29 is 23.2 Å². The van der Waals surface area contributed by atoms with Crippen LogP contribution in [0.1, 0.15) is 36.8 Å². The summed E-state index contributed by atoms with van der Waals surface area (Å²) in [5, 5.41) is 21.8. The third-order valence-electron chi connectivity index (χ3n) is 4.64. The van der Waals surface area contributed by atoms with Crippen LogP contribution in [0.5, 0.6) is 0 Å². The fourth-order valence-corrected chi connectivity index (χ4v) is 3.33. The van der Waals surface area contributed by atoms with Crippen LogP contribution in [-0.4, -0.2) is 16.6 Å². The van der Waals surface area contributed by atoms with Crippen LogP contribution in [0.3, 0.4) is 0 Å². The maximum atomic E-state index is 12.8. The van der Waals surface area contributed by atoms with Gasteiger partial charge < -0.3 is 10.0 Å². The van der Waals surface area contributed by atoms with E-state index in [0.29, 0.717) is 17.8 Å². The molecule has 0 amide bonds. The van der Waals surface area contributed by atoms with Crippen molar-refractivity contribution in [1.29, 1.82) is 0 Å². The lowest BCUT2D eigenvalue weighted by molar-refractivity contribution is -0.385. The molecule has 1 heterocycles. The van der Waals surface area contributed by atoms with Crippen LogP contribution in [0.25, 0.3) is 0 Å². The van der Waals surface area contributed by atoms with Gasteiger partial charge in [0.05, 0.1) is 10.5 Å². The molecule has 138 valence electrons. The number of nitro groups is 1. The summed E-state index contributed by atoms with van der Waals surface area (Å²) in [5.41, 5.74) is 0.201. The van der Waals surface area contributed by atoms with Crippen LogP contribution in [0.15, 0.2) is 42.5 Å². The van der Waals surface area contributed by atoms with Crippen LogP contribution >= 0.6 is 0 Å². The van der Waals surface area contributed by atoms with E-state index < -0.39 is 28.3 Å². The number of nitro benzene ring substituents is 1. The third kappa shape index (κ3) is 3.12. The summed E-state index contributed by atoms with van der Waals surface area (Å²) in [6.45, 7) is 4.19. The fraction of sp³-hybridized carbons (Fsp3) is 0.333. The summed E-state index contributed by atoms with van der Waals surface area (Å²) in [6.07, 6.45) is -5.62. The molecule has 0 fully saturated rings. The second kappa shape index (κ2) is 5.98. The number of hydrogen-bond donors (Lipinski definition) is 1. The SMILES string of the molecule is CC1(C)CN(c2ccc(C(F)(F)F)cc2)C(O)c2cc([N+](=O)[O-])ccc21.